The molecule has 2 rings (SSSR count). The van der Waals surface area contributed by atoms with E-state index >= 15 is 0 Å². The van der Waals surface area contributed by atoms with E-state index in [-0.39, 0.29) is 5.97 Å². The van der Waals surface area contributed by atoms with Crippen molar-refractivity contribution in [1.29, 1.82) is 0 Å². The Morgan fingerprint density at radius 2 is 2.00 bits per heavy atom. The van der Waals surface area contributed by atoms with E-state index < -0.39 is 11.0 Å². The van der Waals surface area contributed by atoms with Crippen LogP contribution in [-0.4, -0.2) is 29.8 Å². The zero-order valence-electron chi connectivity index (χ0n) is 13.3. The Bertz CT molecular complexity index is 481. The van der Waals surface area contributed by atoms with Crippen molar-refractivity contribution in [1.82, 2.24) is 10.1 Å². The SMILES string of the molecule is CCOC(=O)C1(c2nc(C(CC)(CC)OC)no2)CCC1. The lowest BCUT2D eigenvalue weighted by atomic mass is 9.68. The summed E-state index contributed by atoms with van der Waals surface area (Å²) in [5.74, 6) is 0.619. The molecule has 0 aliphatic heterocycles. The Morgan fingerprint density at radius 1 is 1.33 bits per heavy atom. The number of carbonyl (C=O) groups is 1. The van der Waals surface area contributed by atoms with E-state index in [1.165, 1.54) is 0 Å². The molecule has 0 spiro atoms. The van der Waals surface area contributed by atoms with E-state index in [1.807, 2.05) is 13.8 Å². The lowest BCUT2D eigenvalue weighted by Crippen LogP contribution is -2.44. The molecule has 0 atom stereocenters. The molecule has 1 heterocycles. The minimum atomic E-state index is -0.748. The zero-order valence-corrected chi connectivity index (χ0v) is 13.3. The van der Waals surface area contributed by atoms with Crippen LogP contribution in [0.3, 0.4) is 0 Å². The summed E-state index contributed by atoms with van der Waals surface area (Å²) < 4.78 is 16.2. The standard InChI is InChI=1S/C15H24N2O4/c1-5-15(6-2,19-4)11-16-12(21-17-11)14(9-8-10-14)13(18)20-7-3/h5-10H2,1-4H3. The fraction of sp³-hybridized carbons (Fsp3) is 0.800. The first-order valence-electron chi connectivity index (χ1n) is 7.65. The lowest BCUT2D eigenvalue weighted by molar-refractivity contribution is -0.155. The van der Waals surface area contributed by atoms with E-state index in [1.54, 1.807) is 14.0 Å². The van der Waals surface area contributed by atoms with Gasteiger partial charge in [0.25, 0.3) is 0 Å². The maximum Gasteiger partial charge on any atom is 0.321 e. The summed E-state index contributed by atoms with van der Waals surface area (Å²) in [5.41, 5.74) is -1.30. The lowest BCUT2D eigenvalue weighted by Gasteiger charge is -2.35. The van der Waals surface area contributed by atoms with Crippen molar-refractivity contribution in [3.05, 3.63) is 11.7 Å². The van der Waals surface area contributed by atoms with Crippen LogP contribution in [0, 0.1) is 0 Å². The molecule has 0 amide bonds. The van der Waals surface area contributed by atoms with Gasteiger partial charge in [0, 0.05) is 7.11 Å². The van der Waals surface area contributed by atoms with Gasteiger partial charge in [-0.1, -0.05) is 25.4 Å². The number of nitrogens with zero attached hydrogens (tertiary/aromatic N) is 2. The minimum absolute atomic E-state index is 0.262. The van der Waals surface area contributed by atoms with Crippen molar-refractivity contribution >= 4 is 5.97 Å². The molecule has 1 aromatic rings. The number of ether oxygens (including phenoxy) is 2. The summed E-state index contributed by atoms with van der Waals surface area (Å²) in [6, 6.07) is 0. The van der Waals surface area contributed by atoms with Crippen molar-refractivity contribution < 1.29 is 18.8 Å². The fourth-order valence-electron chi connectivity index (χ4n) is 2.85. The minimum Gasteiger partial charge on any atom is -0.465 e. The van der Waals surface area contributed by atoms with Crippen LogP contribution in [0.15, 0.2) is 4.52 Å². The van der Waals surface area contributed by atoms with Crippen molar-refractivity contribution in [2.75, 3.05) is 13.7 Å². The third-order valence-corrected chi connectivity index (χ3v) is 4.65. The molecule has 1 aliphatic rings. The van der Waals surface area contributed by atoms with Gasteiger partial charge in [0.15, 0.2) is 0 Å². The highest BCUT2D eigenvalue weighted by Gasteiger charge is 2.52. The van der Waals surface area contributed by atoms with Crippen molar-refractivity contribution in [3.8, 4) is 0 Å². The van der Waals surface area contributed by atoms with Gasteiger partial charge in [-0.25, -0.2) is 0 Å². The zero-order chi connectivity index (χ0) is 15.5. The number of carbonyl (C=O) groups excluding carboxylic acids is 1. The molecule has 21 heavy (non-hydrogen) atoms. The van der Waals surface area contributed by atoms with Gasteiger partial charge in [-0.05, 0) is 32.6 Å². The molecule has 6 heteroatoms. The molecular weight excluding hydrogens is 272 g/mol. The predicted molar refractivity (Wildman–Crippen MR) is 75.7 cm³/mol. The topological polar surface area (TPSA) is 74.5 Å². The smallest absolute Gasteiger partial charge is 0.321 e. The van der Waals surface area contributed by atoms with Crippen molar-refractivity contribution in [3.63, 3.8) is 0 Å². The molecule has 0 radical (unpaired) electrons. The summed E-state index contributed by atoms with van der Waals surface area (Å²) in [4.78, 5) is 16.7. The van der Waals surface area contributed by atoms with E-state index in [0.717, 1.165) is 19.3 Å². The average Bonchev–Trinajstić information content (AvgIpc) is 2.91. The number of esters is 1. The van der Waals surface area contributed by atoms with Crippen LogP contribution in [-0.2, 0) is 25.3 Å². The third-order valence-electron chi connectivity index (χ3n) is 4.65. The molecule has 0 unspecified atom stereocenters. The first kappa shape index (κ1) is 15.9. The summed E-state index contributed by atoms with van der Waals surface area (Å²) in [7, 11) is 1.65. The van der Waals surface area contributed by atoms with Gasteiger partial charge in [0.2, 0.25) is 11.7 Å². The van der Waals surface area contributed by atoms with Crippen LogP contribution in [0.5, 0.6) is 0 Å². The highest BCUT2D eigenvalue weighted by molar-refractivity contribution is 5.83. The summed E-state index contributed by atoms with van der Waals surface area (Å²) >= 11 is 0. The molecule has 0 saturated heterocycles. The second-order valence-electron chi connectivity index (χ2n) is 5.48. The highest BCUT2D eigenvalue weighted by atomic mass is 16.5. The Morgan fingerprint density at radius 3 is 2.43 bits per heavy atom. The Kier molecular flexibility index (Phi) is 4.66. The molecule has 1 aromatic heterocycles. The maximum atomic E-state index is 12.2. The van der Waals surface area contributed by atoms with Crippen LogP contribution in [0.2, 0.25) is 0 Å². The van der Waals surface area contributed by atoms with Crippen LogP contribution in [0.1, 0.15) is 64.6 Å². The van der Waals surface area contributed by atoms with Gasteiger partial charge < -0.3 is 14.0 Å². The van der Waals surface area contributed by atoms with Crippen LogP contribution in [0.25, 0.3) is 0 Å². The normalized spacial score (nSPS) is 17.3. The molecular formula is C15H24N2O4. The van der Waals surface area contributed by atoms with Crippen LogP contribution in [0.4, 0.5) is 0 Å². The van der Waals surface area contributed by atoms with Gasteiger partial charge >= 0.3 is 5.97 Å². The number of rotatable bonds is 7. The molecule has 0 bridgehead atoms. The summed E-state index contributed by atoms with van der Waals surface area (Å²) in [6.07, 6.45) is 3.85. The number of methoxy groups -OCH3 is 1. The molecule has 0 N–H and O–H groups in total. The van der Waals surface area contributed by atoms with Gasteiger partial charge in [0.1, 0.15) is 11.0 Å². The van der Waals surface area contributed by atoms with Gasteiger partial charge in [-0.3, -0.25) is 4.79 Å². The summed E-state index contributed by atoms with van der Waals surface area (Å²) in [6.45, 7) is 6.20. The van der Waals surface area contributed by atoms with E-state index in [0.29, 0.717) is 31.2 Å². The second kappa shape index (κ2) is 6.13. The largest absolute Gasteiger partial charge is 0.465 e. The second-order valence-corrected chi connectivity index (χ2v) is 5.48. The van der Waals surface area contributed by atoms with Crippen LogP contribution < -0.4 is 0 Å². The summed E-state index contributed by atoms with van der Waals surface area (Å²) in [5, 5.41) is 4.07. The number of hydrogen-bond donors (Lipinski definition) is 0. The number of hydrogen-bond acceptors (Lipinski definition) is 6. The Labute approximate surface area is 125 Å². The molecule has 6 nitrogen and oxygen atoms in total. The van der Waals surface area contributed by atoms with Gasteiger partial charge in [0.05, 0.1) is 6.61 Å². The fourth-order valence-corrected chi connectivity index (χ4v) is 2.85. The van der Waals surface area contributed by atoms with Gasteiger partial charge in [-0.2, -0.15) is 4.98 Å². The monoisotopic (exact) mass is 296 g/mol. The molecule has 1 fully saturated rings. The highest BCUT2D eigenvalue weighted by Crippen LogP contribution is 2.45. The Hall–Kier alpha value is -1.43. The van der Waals surface area contributed by atoms with Crippen molar-refractivity contribution in [2.45, 2.75) is 63.9 Å². The van der Waals surface area contributed by atoms with Crippen molar-refractivity contribution in [2.24, 2.45) is 0 Å². The van der Waals surface area contributed by atoms with E-state index in [9.17, 15) is 4.79 Å². The molecule has 118 valence electrons. The van der Waals surface area contributed by atoms with Gasteiger partial charge in [-0.15, -0.1) is 0 Å². The first-order chi connectivity index (χ1) is 10.1. The maximum absolute atomic E-state index is 12.2. The molecule has 1 saturated carbocycles. The average molecular weight is 296 g/mol. The quantitative estimate of drug-likeness (QED) is 0.720. The molecule has 1 aliphatic carbocycles. The van der Waals surface area contributed by atoms with E-state index in [2.05, 4.69) is 10.1 Å². The molecule has 0 aromatic carbocycles. The third kappa shape index (κ3) is 2.46. The number of aromatic nitrogens is 2. The van der Waals surface area contributed by atoms with Crippen LogP contribution >= 0.6 is 0 Å². The van der Waals surface area contributed by atoms with E-state index in [4.69, 9.17) is 14.0 Å². The Balaban J connectivity index is 2.32. The first-order valence-corrected chi connectivity index (χ1v) is 7.65. The predicted octanol–water partition coefficient (Wildman–Crippen LogP) is 2.72.